The number of hydrogen-bond acceptors (Lipinski definition) is 6. The zero-order valence-electron chi connectivity index (χ0n) is 15.9. The van der Waals surface area contributed by atoms with Crippen LogP contribution in [0.4, 0.5) is 5.00 Å². The van der Waals surface area contributed by atoms with Gasteiger partial charge in [-0.1, -0.05) is 18.2 Å². The van der Waals surface area contributed by atoms with Crippen LogP contribution in [0.1, 0.15) is 43.8 Å². The summed E-state index contributed by atoms with van der Waals surface area (Å²) in [6, 6.07) is 9.18. The maximum Gasteiger partial charge on any atom is 0.341 e. The van der Waals surface area contributed by atoms with Gasteiger partial charge in [-0.3, -0.25) is 14.7 Å². The second kappa shape index (κ2) is 7.77. The first kappa shape index (κ1) is 19.5. The van der Waals surface area contributed by atoms with Crippen LogP contribution in [0.25, 0.3) is 5.69 Å². The summed E-state index contributed by atoms with van der Waals surface area (Å²) in [5, 5.41) is 3.35. The van der Waals surface area contributed by atoms with Crippen molar-refractivity contribution in [1.82, 2.24) is 9.78 Å². The third-order valence-corrected chi connectivity index (χ3v) is 5.58. The molecule has 0 aliphatic carbocycles. The highest BCUT2D eigenvalue weighted by Gasteiger charge is 2.23. The molecule has 3 aromatic rings. The highest BCUT2D eigenvalue weighted by Crippen LogP contribution is 2.36. The van der Waals surface area contributed by atoms with E-state index in [0.29, 0.717) is 32.4 Å². The number of nitrogens with one attached hydrogen (secondary N) is 1. The number of Topliss-reactive ketones (excluding diaryl/α,β-unsaturated/α-hetero) is 1. The normalized spacial score (nSPS) is 11.1. The lowest BCUT2D eigenvalue weighted by Gasteiger charge is -1.99. The standard InChI is InChI=1S/C20H19N3O4S/c1-11-16(20(26)27-4)18(28-17(11)13(3)24)21-10-15-12(2)22-23(19(15)25)14-8-6-5-7-9-14/h5-10,22H,1-4H3. The number of ketones is 1. The highest BCUT2D eigenvalue weighted by molar-refractivity contribution is 7.18. The van der Waals surface area contributed by atoms with Gasteiger partial charge in [-0.2, -0.15) is 0 Å². The fourth-order valence-corrected chi connectivity index (χ4v) is 3.90. The summed E-state index contributed by atoms with van der Waals surface area (Å²) in [7, 11) is 1.27. The molecule has 0 amide bonds. The van der Waals surface area contributed by atoms with Crippen LogP contribution in [-0.2, 0) is 4.74 Å². The lowest BCUT2D eigenvalue weighted by molar-refractivity contribution is 0.0601. The first-order valence-electron chi connectivity index (χ1n) is 8.48. The zero-order chi connectivity index (χ0) is 20.4. The van der Waals surface area contributed by atoms with Gasteiger partial charge in [0.25, 0.3) is 5.56 Å². The van der Waals surface area contributed by atoms with Crippen molar-refractivity contribution < 1.29 is 14.3 Å². The van der Waals surface area contributed by atoms with E-state index < -0.39 is 5.97 Å². The fourth-order valence-electron chi connectivity index (χ4n) is 2.86. The molecule has 0 aliphatic heterocycles. The molecule has 2 aromatic heterocycles. The molecule has 2 heterocycles. The number of carbonyl (C=O) groups excluding carboxylic acids is 2. The van der Waals surface area contributed by atoms with Crippen LogP contribution < -0.4 is 5.56 Å². The Kier molecular flexibility index (Phi) is 5.41. The molecule has 0 saturated carbocycles. The van der Waals surface area contributed by atoms with Crippen molar-refractivity contribution in [2.24, 2.45) is 4.99 Å². The van der Waals surface area contributed by atoms with Crippen LogP contribution in [0, 0.1) is 13.8 Å². The molecule has 0 unspecified atom stereocenters. The maximum absolute atomic E-state index is 12.8. The van der Waals surface area contributed by atoms with Gasteiger partial charge < -0.3 is 4.74 Å². The molecule has 1 aromatic carbocycles. The maximum atomic E-state index is 12.8. The monoisotopic (exact) mass is 397 g/mol. The smallest absolute Gasteiger partial charge is 0.341 e. The molecule has 144 valence electrons. The van der Waals surface area contributed by atoms with Crippen LogP contribution in [0.3, 0.4) is 0 Å². The number of aromatic amines is 1. The molecule has 0 radical (unpaired) electrons. The molecule has 28 heavy (non-hydrogen) atoms. The van der Waals surface area contributed by atoms with Gasteiger partial charge in [0.2, 0.25) is 0 Å². The van der Waals surface area contributed by atoms with E-state index in [1.54, 1.807) is 13.8 Å². The lowest BCUT2D eigenvalue weighted by atomic mass is 10.1. The predicted octanol–water partition coefficient (Wildman–Crippen LogP) is 3.58. The third kappa shape index (κ3) is 3.46. The minimum Gasteiger partial charge on any atom is -0.465 e. The van der Waals surface area contributed by atoms with Gasteiger partial charge in [0.05, 0.1) is 28.8 Å². The predicted molar refractivity (Wildman–Crippen MR) is 109 cm³/mol. The number of aryl methyl sites for hydroxylation is 1. The van der Waals surface area contributed by atoms with Crippen molar-refractivity contribution in [3.05, 3.63) is 67.9 Å². The highest BCUT2D eigenvalue weighted by atomic mass is 32.1. The second-order valence-corrected chi connectivity index (χ2v) is 7.17. The average Bonchev–Trinajstić information content (AvgIpc) is 3.16. The third-order valence-electron chi connectivity index (χ3n) is 4.28. The molecule has 1 N–H and O–H groups in total. The number of aromatic nitrogens is 2. The summed E-state index contributed by atoms with van der Waals surface area (Å²) in [5.74, 6) is -0.723. The van der Waals surface area contributed by atoms with Gasteiger partial charge in [0.15, 0.2) is 5.78 Å². The summed E-state index contributed by atoms with van der Waals surface area (Å²) in [4.78, 5) is 41.5. The minimum atomic E-state index is -0.569. The Hall–Kier alpha value is -3.26. The van der Waals surface area contributed by atoms with Crippen molar-refractivity contribution in [1.29, 1.82) is 0 Å². The van der Waals surface area contributed by atoms with Crippen LogP contribution >= 0.6 is 11.3 Å². The number of benzene rings is 1. The first-order chi connectivity index (χ1) is 13.3. The summed E-state index contributed by atoms with van der Waals surface area (Å²) in [6.07, 6.45) is 1.41. The van der Waals surface area contributed by atoms with Crippen molar-refractivity contribution in [3.8, 4) is 5.69 Å². The number of nitrogens with zero attached hydrogens (tertiary/aromatic N) is 2. The Morgan fingerprint density at radius 1 is 1.21 bits per heavy atom. The summed E-state index contributed by atoms with van der Waals surface area (Å²) in [5.41, 5.74) is 2.23. The summed E-state index contributed by atoms with van der Waals surface area (Å²) < 4.78 is 6.25. The largest absolute Gasteiger partial charge is 0.465 e. The summed E-state index contributed by atoms with van der Waals surface area (Å²) >= 11 is 1.10. The SMILES string of the molecule is COC(=O)c1c(N=Cc2c(C)[nH]n(-c3ccccc3)c2=O)sc(C(C)=O)c1C. The van der Waals surface area contributed by atoms with E-state index >= 15 is 0 Å². The average molecular weight is 397 g/mol. The Bertz CT molecular complexity index is 1140. The second-order valence-electron chi connectivity index (χ2n) is 6.17. The van der Waals surface area contributed by atoms with Crippen LogP contribution in [0.15, 0.2) is 40.1 Å². The molecule has 0 spiro atoms. The summed E-state index contributed by atoms with van der Waals surface area (Å²) in [6.45, 7) is 4.88. The number of rotatable bonds is 5. The Morgan fingerprint density at radius 3 is 2.50 bits per heavy atom. The topological polar surface area (TPSA) is 93.5 Å². The molecule has 0 saturated heterocycles. The van der Waals surface area contributed by atoms with Gasteiger partial charge in [-0.05, 0) is 38.5 Å². The van der Waals surface area contributed by atoms with E-state index in [-0.39, 0.29) is 16.9 Å². The molecule has 3 rings (SSSR count). The molecule has 0 atom stereocenters. The number of H-pyrrole nitrogens is 1. The van der Waals surface area contributed by atoms with Gasteiger partial charge in [0.1, 0.15) is 5.00 Å². The van der Waals surface area contributed by atoms with Gasteiger partial charge in [-0.25, -0.2) is 14.5 Å². The van der Waals surface area contributed by atoms with E-state index in [9.17, 15) is 14.4 Å². The molecule has 0 aliphatic rings. The van der Waals surface area contributed by atoms with E-state index in [0.717, 1.165) is 11.3 Å². The molecule has 0 fully saturated rings. The van der Waals surface area contributed by atoms with Crippen molar-refractivity contribution in [2.75, 3.05) is 7.11 Å². The quantitative estimate of drug-likeness (QED) is 0.404. The van der Waals surface area contributed by atoms with Gasteiger partial charge in [0, 0.05) is 11.9 Å². The molecule has 7 nitrogen and oxygen atoms in total. The number of para-hydroxylation sites is 1. The molecule has 0 bridgehead atoms. The first-order valence-corrected chi connectivity index (χ1v) is 9.30. The Labute approximate surface area is 165 Å². The van der Waals surface area contributed by atoms with Gasteiger partial charge in [-0.15, -0.1) is 11.3 Å². The molecule has 8 heteroatoms. The van der Waals surface area contributed by atoms with E-state index in [1.165, 1.54) is 24.9 Å². The van der Waals surface area contributed by atoms with Crippen LogP contribution in [0.5, 0.6) is 0 Å². The van der Waals surface area contributed by atoms with Crippen molar-refractivity contribution >= 4 is 34.3 Å². The van der Waals surface area contributed by atoms with E-state index in [2.05, 4.69) is 10.1 Å². The number of methoxy groups -OCH3 is 1. The Morgan fingerprint density at radius 2 is 1.89 bits per heavy atom. The Balaban J connectivity index is 2.07. The molecular weight excluding hydrogens is 378 g/mol. The molecular formula is C20H19N3O4S. The lowest BCUT2D eigenvalue weighted by Crippen LogP contribution is -2.17. The van der Waals surface area contributed by atoms with E-state index in [1.807, 2.05) is 30.3 Å². The van der Waals surface area contributed by atoms with E-state index in [4.69, 9.17) is 4.74 Å². The van der Waals surface area contributed by atoms with Gasteiger partial charge >= 0.3 is 5.97 Å². The fraction of sp³-hybridized carbons (Fsp3) is 0.200. The van der Waals surface area contributed by atoms with Crippen molar-refractivity contribution in [2.45, 2.75) is 20.8 Å². The minimum absolute atomic E-state index is 0.154. The number of carbonyl (C=O) groups is 2. The van der Waals surface area contributed by atoms with Crippen LogP contribution in [0.2, 0.25) is 0 Å². The number of esters is 1. The number of hydrogen-bond donors (Lipinski definition) is 1. The number of ether oxygens (including phenoxy) is 1. The van der Waals surface area contributed by atoms with Crippen molar-refractivity contribution in [3.63, 3.8) is 0 Å². The number of thiophene rings is 1. The van der Waals surface area contributed by atoms with Crippen LogP contribution in [-0.4, -0.2) is 34.9 Å². The number of aliphatic imine (C=N–C) groups is 1. The zero-order valence-corrected chi connectivity index (χ0v) is 16.7.